The number of anilines is 2. The van der Waals surface area contributed by atoms with Crippen molar-refractivity contribution >= 4 is 44.6 Å². The van der Waals surface area contributed by atoms with Crippen LogP contribution in [0.15, 0.2) is 65.6 Å². The molecule has 2 amide bonds. The Kier molecular flexibility index (Phi) is 6.42. The van der Waals surface area contributed by atoms with Gasteiger partial charge in [-0.15, -0.1) is 0 Å². The standard InChI is InChI=1S/C22H18ClFN2O4S/c1-13-6-7-15(11-19(13)24)21(27)25-16-8-9-20(18(23)12-16)26-22(28)14-4-3-5-17(10-14)31(2,29)30/h3-12H,1-2H3,(H,25,27)(H,26,28). The van der Waals surface area contributed by atoms with E-state index in [1.165, 1.54) is 54.6 Å². The van der Waals surface area contributed by atoms with Crippen LogP contribution in [-0.4, -0.2) is 26.5 Å². The summed E-state index contributed by atoms with van der Waals surface area (Å²) >= 11 is 6.22. The fourth-order valence-corrected chi connectivity index (χ4v) is 3.59. The molecule has 3 aromatic carbocycles. The van der Waals surface area contributed by atoms with Gasteiger partial charge in [0.05, 0.1) is 15.6 Å². The molecule has 0 spiro atoms. The van der Waals surface area contributed by atoms with Gasteiger partial charge >= 0.3 is 0 Å². The second-order valence-corrected chi connectivity index (χ2v) is 9.29. The predicted octanol–water partition coefficient (Wildman–Crippen LogP) is 4.70. The lowest BCUT2D eigenvalue weighted by Gasteiger charge is -2.11. The molecule has 160 valence electrons. The van der Waals surface area contributed by atoms with Gasteiger partial charge in [0.15, 0.2) is 9.84 Å². The summed E-state index contributed by atoms with van der Waals surface area (Å²) in [4.78, 5) is 24.8. The van der Waals surface area contributed by atoms with Gasteiger partial charge in [0.1, 0.15) is 5.82 Å². The highest BCUT2D eigenvalue weighted by Crippen LogP contribution is 2.27. The van der Waals surface area contributed by atoms with Gasteiger partial charge in [0, 0.05) is 23.1 Å². The minimum atomic E-state index is -3.45. The van der Waals surface area contributed by atoms with E-state index < -0.39 is 27.5 Å². The molecular weight excluding hydrogens is 443 g/mol. The Hall–Kier alpha value is -3.23. The molecule has 0 saturated carbocycles. The first kappa shape index (κ1) is 22.5. The van der Waals surface area contributed by atoms with E-state index in [0.717, 1.165) is 12.3 Å². The van der Waals surface area contributed by atoms with Gasteiger partial charge < -0.3 is 10.6 Å². The first-order valence-corrected chi connectivity index (χ1v) is 11.3. The molecule has 6 nitrogen and oxygen atoms in total. The molecular formula is C22H18ClFN2O4S. The van der Waals surface area contributed by atoms with Crippen LogP contribution in [0, 0.1) is 12.7 Å². The van der Waals surface area contributed by atoms with Crippen molar-refractivity contribution < 1.29 is 22.4 Å². The van der Waals surface area contributed by atoms with E-state index in [2.05, 4.69) is 10.6 Å². The fourth-order valence-electron chi connectivity index (χ4n) is 2.69. The van der Waals surface area contributed by atoms with Crippen LogP contribution < -0.4 is 10.6 Å². The van der Waals surface area contributed by atoms with Crippen molar-refractivity contribution in [2.75, 3.05) is 16.9 Å². The predicted molar refractivity (Wildman–Crippen MR) is 118 cm³/mol. The summed E-state index contributed by atoms with van der Waals surface area (Å²) in [6.45, 7) is 1.60. The average Bonchev–Trinajstić information content (AvgIpc) is 2.71. The Bertz CT molecular complexity index is 1290. The van der Waals surface area contributed by atoms with Gasteiger partial charge in [-0.2, -0.15) is 0 Å². The Balaban J connectivity index is 1.74. The number of hydrogen-bond donors (Lipinski definition) is 2. The highest BCUT2D eigenvalue weighted by molar-refractivity contribution is 7.90. The van der Waals surface area contributed by atoms with Crippen LogP contribution in [0.2, 0.25) is 5.02 Å². The van der Waals surface area contributed by atoms with E-state index in [4.69, 9.17) is 11.6 Å². The van der Waals surface area contributed by atoms with E-state index in [9.17, 15) is 22.4 Å². The van der Waals surface area contributed by atoms with Crippen LogP contribution in [0.4, 0.5) is 15.8 Å². The molecule has 31 heavy (non-hydrogen) atoms. The smallest absolute Gasteiger partial charge is 0.255 e. The van der Waals surface area contributed by atoms with E-state index in [1.807, 2.05) is 0 Å². The van der Waals surface area contributed by atoms with Gasteiger partial charge in [0.2, 0.25) is 0 Å². The van der Waals surface area contributed by atoms with Crippen molar-refractivity contribution in [1.29, 1.82) is 0 Å². The Morgan fingerprint density at radius 3 is 2.23 bits per heavy atom. The number of aryl methyl sites for hydroxylation is 1. The molecule has 3 aromatic rings. The molecule has 0 heterocycles. The highest BCUT2D eigenvalue weighted by atomic mass is 35.5. The summed E-state index contributed by atoms with van der Waals surface area (Å²) < 4.78 is 37.0. The fraction of sp³-hybridized carbons (Fsp3) is 0.0909. The lowest BCUT2D eigenvalue weighted by Crippen LogP contribution is -2.14. The van der Waals surface area contributed by atoms with Crippen LogP contribution in [0.25, 0.3) is 0 Å². The zero-order valence-corrected chi connectivity index (χ0v) is 18.1. The zero-order valence-electron chi connectivity index (χ0n) is 16.6. The number of amides is 2. The number of benzene rings is 3. The van der Waals surface area contributed by atoms with Gasteiger partial charge in [-0.3, -0.25) is 9.59 Å². The maximum atomic E-state index is 13.7. The number of halogens is 2. The Morgan fingerprint density at radius 1 is 0.903 bits per heavy atom. The van der Waals surface area contributed by atoms with Crippen LogP contribution in [0.1, 0.15) is 26.3 Å². The summed E-state index contributed by atoms with van der Waals surface area (Å²) in [5.41, 5.74) is 1.37. The largest absolute Gasteiger partial charge is 0.322 e. The molecule has 0 radical (unpaired) electrons. The molecule has 0 aliphatic heterocycles. The van der Waals surface area contributed by atoms with Crippen molar-refractivity contribution in [2.24, 2.45) is 0 Å². The van der Waals surface area contributed by atoms with Crippen molar-refractivity contribution in [3.05, 3.63) is 88.2 Å². The summed E-state index contributed by atoms with van der Waals surface area (Å²) in [6.07, 6.45) is 1.05. The minimum Gasteiger partial charge on any atom is -0.322 e. The minimum absolute atomic E-state index is 0.0249. The summed E-state index contributed by atoms with van der Waals surface area (Å²) in [7, 11) is -3.45. The van der Waals surface area contributed by atoms with Crippen molar-refractivity contribution in [1.82, 2.24) is 0 Å². The van der Waals surface area contributed by atoms with E-state index >= 15 is 0 Å². The number of carbonyl (C=O) groups excluding carboxylic acids is 2. The SMILES string of the molecule is Cc1ccc(C(=O)Nc2ccc(NC(=O)c3cccc(S(C)(=O)=O)c3)c(Cl)c2)cc1F. The van der Waals surface area contributed by atoms with Crippen LogP contribution >= 0.6 is 11.6 Å². The zero-order chi connectivity index (χ0) is 22.8. The maximum absolute atomic E-state index is 13.7. The number of carbonyl (C=O) groups is 2. The van der Waals surface area contributed by atoms with E-state index in [1.54, 1.807) is 6.92 Å². The summed E-state index contributed by atoms with van der Waals surface area (Å²) in [5.74, 6) is -1.53. The van der Waals surface area contributed by atoms with Gasteiger partial charge in [-0.1, -0.05) is 23.7 Å². The van der Waals surface area contributed by atoms with Gasteiger partial charge in [-0.05, 0) is 61.0 Å². The van der Waals surface area contributed by atoms with Crippen LogP contribution in [0.3, 0.4) is 0 Å². The lowest BCUT2D eigenvalue weighted by molar-refractivity contribution is 0.101. The van der Waals surface area contributed by atoms with Crippen LogP contribution in [-0.2, 0) is 9.84 Å². The van der Waals surface area contributed by atoms with Crippen molar-refractivity contribution in [3.8, 4) is 0 Å². The molecule has 0 unspecified atom stereocenters. The number of hydrogen-bond acceptors (Lipinski definition) is 4. The summed E-state index contributed by atoms with van der Waals surface area (Å²) in [6, 6.07) is 14.2. The number of nitrogens with one attached hydrogen (secondary N) is 2. The lowest BCUT2D eigenvalue weighted by atomic mass is 10.1. The summed E-state index contributed by atoms with van der Waals surface area (Å²) in [5, 5.41) is 5.37. The second-order valence-electron chi connectivity index (χ2n) is 6.87. The molecule has 0 bridgehead atoms. The Morgan fingerprint density at radius 2 is 1.58 bits per heavy atom. The Labute approximate surface area is 184 Å². The molecule has 3 rings (SSSR count). The quantitative estimate of drug-likeness (QED) is 0.577. The molecule has 0 saturated heterocycles. The first-order chi connectivity index (χ1) is 14.5. The molecule has 0 fully saturated rings. The third kappa shape index (κ3) is 5.48. The topological polar surface area (TPSA) is 92.3 Å². The van der Waals surface area contributed by atoms with Crippen molar-refractivity contribution in [2.45, 2.75) is 11.8 Å². The molecule has 9 heteroatoms. The molecule has 2 N–H and O–H groups in total. The number of sulfone groups is 1. The monoisotopic (exact) mass is 460 g/mol. The van der Waals surface area contributed by atoms with E-state index in [-0.39, 0.29) is 26.7 Å². The molecule has 0 aromatic heterocycles. The van der Waals surface area contributed by atoms with Gasteiger partial charge in [-0.25, -0.2) is 12.8 Å². The highest BCUT2D eigenvalue weighted by Gasteiger charge is 2.14. The van der Waals surface area contributed by atoms with Gasteiger partial charge in [0.25, 0.3) is 11.8 Å². The average molecular weight is 461 g/mol. The van der Waals surface area contributed by atoms with Crippen LogP contribution in [0.5, 0.6) is 0 Å². The first-order valence-electron chi connectivity index (χ1n) is 9.03. The normalized spacial score (nSPS) is 11.1. The third-order valence-corrected chi connectivity index (χ3v) is 5.86. The molecule has 0 aliphatic rings. The molecule has 0 aliphatic carbocycles. The number of rotatable bonds is 5. The van der Waals surface area contributed by atoms with Crippen molar-refractivity contribution in [3.63, 3.8) is 0 Å². The van der Waals surface area contributed by atoms with E-state index in [0.29, 0.717) is 11.3 Å². The second kappa shape index (κ2) is 8.87. The third-order valence-electron chi connectivity index (χ3n) is 4.43. The maximum Gasteiger partial charge on any atom is 0.255 e. The molecule has 0 atom stereocenters.